The minimum atomic E-state index is -2.83. The van der Waals surface area contributed by atoms with Gasteiger partial charge in [-0.05, 0) is 63.0 Å². The Hall–Kier alpha value is 0.884. The Balaban J connectivity index is 3.66. The molecule has 0 aromatic rings. The van der Waals surface area contributed by atoms with E-state index in [1.54, 1.807) is 0 Å². The van der Waals surface area contributed by atoms with E-state index in [9.17, 15) is 0 Å². The van der Waals surface area contributed by atoms with Crippen LogP contribution in [0.1, 0.15) is 356 Å². The molecule has 0 aliphatic carbocycles. The summed E-state index contributed by atoms with van der Waals surface area (Å²) in [6.07, 6.45) is 68.1. The molecule has 0 bridgehead atoms. The first-order valence-corrected chi connectivity index (χ1v) is 47.5. The van der Waals surface area contributed by atoms with Crippen molar-refractivity contribution in [2.24, 2.45) is 0 Å². The van der Waals surface area contributed by atoms with Gasteiger partial charge in [-0.2, -0.15) is 0 Å². The van der Waals surface area contributed by atoms with Gasteiger partial charge in [0.05, 0.1) is 0 Å². The minimum Gasteiger partial charge on any atom is -0.416 e. The molecule has 0 saturated carbocycles. The quantitative estimate of drug-likeness (QED) is 0.0449. The lowest BCUT2D eigenvalue weighted by Crippen LogP contribution is -2.67. The summed E-state index contributed by atoms with van der Waals surface area (Å²) >= 11 is 0. The predicted molar refractivity (Wildman–Crippen MR) is 347 cm³/mol. The molecule has 1 heterocycles. The lowest BCUT2D eigenvalue weighted by Gasteiger charge is -2.51. The molecule has 75 heavy (non-hydrogen) atoms. The van der Waals surface area contributed by atoms with Crippen molar-refractivity contribution >= 4 is 42.8 Å². The molecule has 1 aliphatic rings. The first kappa shape index (κ1) is 73.9. The Morgan fingerprint density at radius 3 is 0.600 bits per heavy atom. The Labute approximate surface area is 479 Å². The van der Waals surface area contributed by atoms with Crippen molar-refractivity contribution in [3.63, 3.8) is 0 Å². The van der Waals surface area contributed by atoms with Gasteiger partial charge in [0.25, 0.3) is 0 Å². The molecule has 5 nitrogen and oxygen atoms in total. The van der Waals surface area contributed by atoms with Crippen LogP contribution in [0.15, 0.2) is 0 Å². The van der Waals surface area contributed by atoms with Crippen molar-refractivity contribution in [3.05, 3.63) is 0 Å². The molecule has 450 valence electrons. The van der Waals surface area contributed by atoms with E-state index >= 15 is 0 Å². The molecule has 0 aromatic heterocycles. The highest BCUT2D eigenvalue weighted by Gasteiger charge is 2.57. The van der Waals surface area contributed by atoms with Gasteiger partial charge in [-0.3, -0.25) is 0 Å². The third-order valence-corrected chi connectivity index (χ3v) is 39.8. The molecule has 1 fully saturated rings. The zero-order valence-corrected chi connectivity index (χ0v) is 58.4. The Morgan fingerprint density at radius 2 is 0.360 bits per heavy atom. The SMILES string of the molecule is CCCCCCCCCCCC[Si]1(C)O[Si](C)(C)O[Si](C)(C)O[Si](CCCCCCCCCCCC)(CCCCCCCCCCCC)O[Si](CCCCCCCCCCCC)(CCCCCCCCCCCC)O1. The van der Waals surface area contributed by atoms with Gasteiger partial charge in [0.15, 0.2) is 0 Å². The molecule has 10 heteroatoms. The van der Waals surface area contributed by atoms with E-state index < -0.39 is 42.8 Å². The number of hydrogen-bond donors (Lipinski definition) is 0. The first-order chi connectivity index (χ1) is 36.3. The second kappa shape index (κ2) is 49.5. The summed E-state index contributed by atoms with van der Waals surface area (Å²) in [6.45, 7) is 23.6. The van der Waals surface area contributed by atoms with Gasteiger partial charge in [0.2, 0.25) is 0 Å². The fourth-order valence-corrected chi connectivity index (χ4v) is 42.3. The molecule has 1 unspecified atom stereocenters. The van der Waals surface area contributed by atoms with E-state index in [1.807, 2.05) is 0 Å². The first-order valence-electron chi connectivity index (χ1n) is 34.8. The van der Waals surface area contributed by atoms with Crippen molar-refractivity contribution < 1.29 is 20.6 Å². The molecule has 1 atom stereocenters. The third kappa shape index (κ3) is 43.3. The van der Waals surface area contributed by atoms with Gasteiger partial charge < -0.3 is 20.6 Å². The van der Waals surface area contributed by atoms with Crippen LogP contribution in [0.25, 0.3) is 0 Å². The van der Waals surface area contributed by atoms with Crippen molar-refractivity contribution in [2.75, 3.05) is 0 Å². The average Bonchev–Trinajstić information content (AvgIpc) is 3.36. The van der Waals surface area contributed by atoms with Crippen LogP contribution in [-0.4, -0.2) is 42.8 Å². The highest BCUT2D eigenvalue weighted by Crippen LogP contribution is 2.42. The van der Waals surface area contributed by atoms with Crippen molar-refractivity contribution in [1.29, 1.82) is 0 Å². The van der Waals surface area contributed by atoms with Gasteiger partial charge >= 0.3 is 42.8 Å². The molecule has 0 radical (unpaired) electrons. The second-order valence-electron chi connectivity index (χ2n) is 25.9. The second-order valence-corrected chi connectivity index (χ2v) is 44.0. The van der Waals surface area contributed by atoms with Gasteiger partial charge in [-0.15, -0.1) is 0 Å². The predicted octanol–water partition coefficient (Wildman–Crippen LogP) is 25.0. The Morgan fingerprint density at radius 1 is 0.173 bits per heavy atom. The van der Waals surface area contributed by atoms with Crippen LogP contribution in [0, 0.1) is 0 Å². The summed E-state index contributed by atoms with van der Waals surface area (Å²) in [7, 11) is -13.6. The van der Waals surface area contributed by atoms with Crippen LogP contribution >= 0.6 is 0 Å². The molecular formula is C65H140O5Si5. The van der Waals surface area contributed by atoms with E-state index in [4.69, 9.17) is 20.6 Å². The molecule has 0 N–H and O–H groups in total. The maximum absolute atomic E-state index is 8.49. The zero-order valence-electron chi connectivity index (χ0n) is 53.4. The largest absolute Gasteiger partial charge is 0.416 e. The summed E-state index contributed by atoms with van der Waals surface area (Å²) in [4.78, 5) is 0. The summed E-state index contributed by atoms with van der Waals surface area (Å²) < 4.78 is 39.8. The molecular weight excluding hydrogens is 1000 g/mol. The zero-order chi connectivity index (χ0) is 54.9. The van der Waals surface area contributed by atoms with Gasteiger partial charge in [0.1, 0.15) is 0 Å². The van der Waals surface area contributed by atoms with Crippen LogP contribution in [0.4, 0.5) is 0 Å². The maximum Gasteiger partial charge on any atom is 0.320 e. The topological polar surface area (TPSA) is 46.2 Å². The van der Waals surface area contributed by atoms with E-state index in [0.29, 0.717) is 0 Å². The molecule has 0 aromatic carbocycles. The minimum absolute atomic E-state index is 1.08. The highest BCUT2D eigenvalue weighted by molar-refractivity contribution is 6.94. The van der Waals surface area contributed by atoms with E-state index in [2.05, 4.69) is 67.4 Å². The van der Waals surface area contributed by atoms with Gasteiger partial charge in [-0.25, -0.2) is 0 Å². The number of rotatable bonds is 55. The van der Waals surface area contributed by atoms with Crippen LogP contribution in [0.2, 0.25) is 63.0 Å². The lowest BCUT2D eigenvalue weighted by molar-refractivity contribution is 0.219. The summed E-state index contributed by atoms with van der Waals surface area (Å²) in [5.41, 5.74) is 0. The third-order valence-electron chi connectivity index (χ3n) is 16.8. The van der Waals surface area contributed by atoms with Crippen LogP contribution < -0.4 is 0 Å². The molecule has 0 spiro atoms. The lowest BCUT2D eigenvalue weighted by atomic mass is 10.1. The van der Waals surface area contributed by atoms with Gasteiger partial charge in [-0.1, -0.05) is 356 Å². The molecule has 1 rings (SSSR count). The monoisotopic (exact) mass is 1140 g/mol. The fraction of sp³-hybridized carbons (Fsp3) is 1.00. The standard InChI is InChI=1S/C65H140O5Si5/c1-11-16-21-26-31-36-41-46-51-56-61-73(10)67-71(6,7)66-72(8,9)68-74(62-57-52-47-42-37-32-27-22-17-12-2,63-58-53-48-43-38-33-28-23-18-13-3)70-75(69-73,64-59-54-49-44-39-34-29-24-19-14-4)65-60-55-50-45-40-35-30-25-20-15-5/h11-65H2,1-10H3. The summed E-state index contributed by atoms with van der Waals surface area (Å²) in [5, 5.41) is 0. The van der Waals surface area contributed by atoms with E-state index in [0.717, 1.165) is 30.2 Å². The molecule has 1 saturated heterocycles. The summed E-state index contributed by atoms with van der Waals surface area (Å²) in [5.74, 6) is 0. The average molecular weight is 1140 g/mol. The van der Waals surface area contributed by atoms with Crippen molar-refractivity contribution in [3.8, 4) is 0 Å². The number of hydrogen-bond acceptors (Lipinski definition) is 5. The normalized spacial score (nSPS) is 18.5. The number of unbranched alkanes of at least 4 members (excludes halogenated alkanes) is 45. The van der Waals surface area contributed by atoms with Crippen molar-refractivity contribution in [2.45, 2.75) is 419 Å². The van der Waals surface area contributed by atoms with E-state index in [1.165, 1.54) is 321 Å². The molecule has 0 amide bonds. The van der Waals surface area contributed by atoms with Crippen LogP contribution in [0.5, 0.6) is 0 Å². The van der Waals surface area contributed by atoms with Crippen LogP contribution in [0.3, 0.4) is 0 Å². The van der Waals surface area contributed by atoms with Crippen LogP contribution in [-0.2, 0) is 20.6 Å². The van der Waals surface area contributed by atoms with Crippen molar-refractivity contribution in [1.82, 2.24) is 0 Å². The maximum atomic E-state index is 8.49. The fourth-order valence-electron chi connectivity index (χ4n) is 12.6. The Kier molecular flexibility index (Phi) is 48.8. The van der Waals surface area contributed by atoms with E-state index in [-0.39, 0.29) is 0 Å². The molecule has 1 aliphatic heterocycles. The highest BCUT2D eigenvalue weighted by atomic mass is 28.5. The summed E-state index contributed by atoms with van der Waals surface area (Å²) in [6, 6.07) is 5.57. The smallest absolute Gasteiger partial charge is 0.320 e. The van der Waals surface area contributed by atoms with Gasteiger partial charge in [0, 0.05) is 0 Å². The Bertz CT molecular complexity index is 1160.